The van der Waals surface area contributed by atoms with E-state index >= 15 is 0 Å². The number of hydrogen-bond donors (Lipinski definition) is 2. The topological polar surface area (TPSA) is 78.5 Å². The van der Waals surface area contributed by atoms with Crippen molar-refractivity contribution in [1.82, 2.24) is 10.2 Å². The van der Waals surface area contributed by atoms with Crippen LogP contribution >= 0.6 is 0 Å². The van der Waals surface area contributed by atoms with E-state index < -0.39 is 6.04 Å². The van der Waals surface area contributed by atoms with Gasteiger partial charge in [0, 0.05) is 17.6 Å². The van der Waals surface area contributed by atoms with Gasteiger partial charge in [-0.2, -0.15) is 0 Å². The number of carbonyl (C=O) groups excluding carboxylic acids is 3. The molecular formula is C22H31N3O3. The van der Waals surface area contributed by atoms with Crippen LogP contribution in [-0.2, 0) is 14.4 Å². The molecule has 6 nitrogen and oxygen atoms in total. The van der Waals surface area contributed by atoms with E-state index in [0.717, 1.165) is 43.4 Å². The lowest BCUT2D eigenvalue weighted by atomic mass is 9.84. The summed E-state index contributed by atoms with van der Waals surface area (Å²) in [7, 11) is 0. The Morgan fingerprint density at radius 3 is 2.68 bits per heavy atom. The molecule has 2 aliphatic rings. The van der Waals surface area contributed by atoms with E-state index in [-0.39, 0.29) is 42.1 Å². The van der Waals surface area contributed by atoms with Crippen LogP contribution in [0.25, 0.3) is 0 Å². The molecule has 0 spiro atoms. The Morgan fingerprint density at radius 1 is 1.25 bits per heavy atom. The molecular weight excluding hydrogens is 354 g/mol. The summed E-state index contributed by atoms with van der Waals surface area (Å²) in [5.41, 5.74) is 1.70. The lowest BCUT2D eigenvalue weighted by molar-refractivity contribution is -0.154. The average Bonchev–Trinajstić information content (AvgIpc) is 2.69. The van der Waals surface area contributed by atoms with Crippen LogP contribution in [0.3, 0.4) is 0 Å². The molecule has 1 saturated heterocycles. The van der Waals surface area contributed by atoms with Crippen LogP contribution in [0.5, 0.6) is 0 Å². The first kappa shape index (κ1) is 20.4. The maximum absolute atomic E-state index is 13.1. The summed E-state index contributed by atoms with van der Waals surface area (Å²) < 4.78 is 0. The Labute approximate surface area is 167 Å². The molecule has 1 aliphatic carbocycles. The number of nitrogens with zero attached hydrogens (tertiary/aromatic N) is 1. The van der Waals surface area contributed by atoms with Crippen molar-refractivity contribution in [3.05, 3.63) is 29.8 Å². The van der Waals surface area contributed by atoms with Crippen LogP contribution < -0.4 is 10.6 Å². The van der Waals surface area contributed by atoms with Crippen LogP contribution in [-0.4, -0.2) is 40.7 Å². The molecule has 3 amide bonds. The maximum Gasteiger partial charge on any atom is 0.243 e. The first-order valence-electron chi connectivity index (χ1n) is 10.4. The zero-order valence-corrected chi connectivity index (χ0v) is 17.0. The number of benzene rings is 1. The lowest BCUT2D eigenvalue weighted by Gasteiger charge is -2.48. The monoisotopic (exact) mass is 385 g/mol. The van der Waals surface area contributed by atoms with Crippen LogP contribution in [0, 0.1) is 12.8 Å². The molecule has 0 bridgehead atoms. The number of rotatable bonds is 5. The van der Waals surface area contributed by atoms with E-state index in [4.69, 9.17) is 0 Å². The van der Waals surface area contributed by atoms with Gasteiger partial charge in [-0.3, -0.25) is 14.4 Å². The zero-order valence-electron chi connectivity index (χ0n) is 17.0. The molecule has 0 radical (unpaired) electrons. The minimum absolute atomic E-state index is 0.00457. The Bertz CT molecular complexity index is 748. The van der Waals surface area contributed by atoms with Crippen molar-refractivity contribution in [2.75, 3.05) is 5.32 Å². The molecule has 152 valence electrons. The van der Waals surface area contributed by atoms with Crippen LogP contribution in [0.15, 0.2) is 24.3 Å². The molecule has 1 heterocycles. The van der Waals surface area contributed by atoms with E-state index in [0.29, 0.717) is 0 Å². The second-order valence-electron chi connectivity index (χ2n) is 8.10. The third-order valence-corrected chi connectivity index (χ3v) is 6.14. The SMILES string of the molecule is CC[C@H](C)C(=O)N1[C@H](CC(=O)Nc2ccccc2C)C(=O)N[C@H]2CCCC[C@H]21. The number of piperazine rings is 1. The number of fused-ring (bicyclic) bond motifs is 1. The van der Waals surface area contributed by atoms with Gasteiger partial charge in [-0.15, -0.1) is 0 Å². The first-order valence-corrected chi connectivity index (χ1v) is 10.4. The highest BCUT2D eigenvalue weighted by Gasteiger charge is 2.46. The van der Waals surface area contributed by atoms with Crippen molar-refractivity contribution < 1.29 is 14.4 Å². The highest BCUT2D eigenvalue weighted by atomic mass is 16.2. The molecule has 1 aromatic rings. The van der Waals surface area contributed by atoms with Gasteiger partial charge in [0.15, 0.2) is 0 Å². The van der Waals surface area contributed by atoms with Gasteiger partial charge < -0.3 is 15.5 Å². The number of hydrogen-bond acceptors (Lipinski definition) is 3. The second kappa shape index (κ2) is 8.76. The molecule has 0 unspecified atom stereocenters. The highest BCUT2D eigenvalue weighted by molar-refractivity contribution is 5.98. The lowest BCUT2D eigenvalue weighted by Crippen LogP contribution is -2.68. The number of nitrogens with one attached hydrogen (secondary N) is 2. The van der Waals surface area contributed by atoms with Crippen molar-refractivity contribution >= 4 is 23.4 Å². The summed E-state index contributed by atoms with van der Waals surface area (Å²) in [6, 6.07) is 6.79. The first-order chi connectivity index (χ1) is 13.4. The van der Waals surface area contributed by atoms with Crippen molar-refractivity contribution in [2.24, 2.45) is 5.92 Å². The van der Waals surface area contributed by atoms with E-state index in [1.165, 1.54) is 0 Å². The van der Waals surface area contributed by atoms with Gasteiger partial charge in [0.05, 0.1) is 12.5 Å². The third kappa shape index (κ3) is 4.21. The van der Waals surface area contributed by atoms with E-state index in [1.807, 2.05) is 45.0 Å². The molecule has 6 heteroatoms. The summed E-state index contributed by atoms with van der Waals surface area (Å²) >= 11 is 0. The molecule has 1 aromatic carbocycles. The minimum atomic E-state index is -0.745. The van der Waals surface area contributed by atoms with Gasteiger partial charge in [0.1, 0.15) is 6.04 Å². The summed E-state index contributed by atoms with van der Waals surface area (Å²) in [5, 5.41) is 5.97. The van der Waals surface area contributed by atoms with Crippen molar-refractivity contribution in [2.45, 2.75) is 77.4 Å². The average molecular weight is 386 g/mol. The normalized spacial score (nSPS) is 25.5. The van der Waals surface area contributed by atoms with Crippen LogP contribution in [0.1, 0.15) is 57.9 Å². The van der Waals surface area contributed by atoms with Gasteiger partial charge in [0.25, 0.3) is 0 Å². The van der Waals surface area contributed by atoms with Gasteiger partial charge in [-0.25, -0.2) is 0 Å². The molecule has 1 saturated carbocycles. The van der Waals surface area contributed by atoms with E-state index in [1.54, 1.807) is 4.90 Å². The summed E-state index contributed by atoms with van der Waals surface area (Å²) in [5.74, 6) is -0.622. The minimum Gasteiger partial charge on any atom is -0.349 e. The van der Waals surface area contributed by atoms with E-state index in [2.05, 4.69) is 10.6 Å². The molecule has 1 aliphatic heterocycles. The molecule has 0 aromatic heterocycles. The standard InChI is InChI=1S/C22H31N3O3/c1-4-14(2)22(28)25-18-12-8-7-11-17(18)24-21(27)19(25)13-20(26)23-16-10-6-5-9-15(16)3/h5-6,9-10,14,17-19H,4,7-8,11-13H2,1-3H3,(H,23,26)(H,24,27)/t14-,17-,18+,19+/m0/s1. The molecule has 28 heavy (non-hydrogen) atoms. The number of amides is 3. The van der Waals surface area contributed by atoms with Gasteiger partial charge >= 0.3 is 0 Å². The second-order valence-corrected chi connectivity index (χ2v) is 8.10. The smallest absolute Gasteiger partial charge is 0.243 e. The van der Waals surface area contributed by atoms with Crippen LogP contribution in [0.2, 0.25) is 0 Å². The Balaban J connectivity index is 1.81. The number of aryl methyl sites for hydroxylation is 1. The number of anilines is 1. The predicted octanol–water partition coefficient (Wildman–Crippen LogP) is 3.01. The number of para-hydroxylation sites is 1. The maximum atomic E-state index is 13.1. The van der Waals surface area contributed by atoms with Crippen molar-refractivity contribution in [3.63, 3.8) is 0 Å². The fourth-order valence-corrected chi connectivity index (χ4v) is 4.28. The Kier molecular flexibility index (Phi) is 6.37. The quantitative estimate of drug-likeness (QED) is 0.818. The molecule has 3 rings (SSSR count). The third-order valence-electron chi connectivity index (χ3n) is 6.14. The summed E-state index contributed by atoms with van der Waals surface area (Å²) in [4.78, 5) is 40.5. The molecule has 2 N–H and O–H groups in total. The highest BCUT2D eigenvalue weighted by Crippen LogP contribution is 2.31. The molecule has 4 atom stereocenters. The van der Waals surface area contributed by atoms with Crippen molar-refractivity contribution in [1.29, 1.82) is 0 Å². The largest absolute Gasteiger partial charge is 0.349 e. The zero-order chi connectivity index (χ0) is 20.3. The fourth-order valence-electron chi connectivity index (χ4n) is 4.28. The van der Waals surface area contributed by atoms with Crippen molar-refractivity contribution in [3.8, 4) is 0 Å². The van der Waals surface area contributed by atoms with Gasteiger partial charge in [-0.1, -0.05) is 44.9 Å². The van der Waals surface area contributed by atoms with Gasteiger partial charge in [0.2, 0.25) is 17.7 Å². The number of carbonyl (C=O) groups is 3. The fraction of sp³-hybridized carbons (Fsp3) is 0.591. The van der Waals surface area contributed by atoms with Gasteiger partial charge in [-0.05, 0) is 37.8 Å². The summed E-state index contributed by atoms with van der Waals surface area (Å²) in [6.45, 7) is 5.80. The Hall–Kier alpha value is -2.37. The molecule has 2 fully saturated rings. The Morgan fingerprint density at radius 2 is 1.96 bits per heavy atom. The van der Waals surface area contributed by atoms with E-state index in [9.17, 15) is 14.4 Å². The van der Waals surface area contributed by atoms with Crippen LogP contribution in [0.4, 0.5) is 5.69 Å². The predicted molar refractivity (Wildman–Crippen MR) is 109 cm³/mol. The summed E-state index contributed by atoms with van der Waals surface area (Å²) in [6.07, 6.45) is 4.57.